The highest BCUT2D eigenvalue weighted by Crippen LogP contribution is 2.29. The van der Waals surface area contributed by atoms with Gasteiger partial charge in [0.15, 0.2) is 0 Å². The standard InChI is InChI=1S/C24H20F2N6O2S/c1-31-13-17(12-28-31)15-2-5-23-22(9-15)27-14-32(23)24-10-16(20-4-3-18(25)11-21(20)26)8-19(30-24)6-7-29-35(33)34/h2-5,8-14,29H,6-7H2,1H3,(H,33,34). The fourth-order valence-electron chi connectivity index (χ4n) is 3.91. The maximum Gasteiger partial charge on any atom is 0.231 e. The van der Waals surface area contributed by atoms with Gasteiger partial charge in [-0.15, -0.1) is 0 Å². The van der Waals surface area contributed by atoms with Crippen LogP contribution in [0.25, 0.3) is 39.1 Å². The molecule has 178 valence electrons. The summed E-state index contributed by atoms with van der Waals surface area (Å²) in [6.07, 6.45) is 5.64. The molecule has 0 saturated carbocycles. The van der Waals surface area contributed by atoms with Crippen molar-refractivity contribution in [1.82, 2.24) is 29.0 Å². The normalized spacial score (nSPS) is 12.3. The predicted molar refractivity (Wildman–Crippen MR) is 129 cm³/mol. The molecule has 1 atom stereocenters. The molecule has 0 saturated heterocycles. The minimum absolute atomic E-state index is 0.185. The molecule has 3 aromatic heterocycles. The van der Waals surface area contributed by atoms with Crippen LogP contribution >= 0.6 is 0 Å². The minimum atomic E-state index is -2.16. The van der Waals surface area contributed by atoms with Crippen molar-refractivity contribution >= 4 is 22.3 Å². The summed E-state index contributed by atoms with van der Waals surface area (Å²) >= 11 is -2.16. The number of aromatic nitrogens is 5. The molecule has 0 fully saturated rings. The molecule has 0 aliphatic heterocycles. The summed E-state index contributed by atoms with van der Waals surface area (Å²) in [6.45, 7) is 0.185. The van der Waals surface area contributed by atoms with Crippen LogP contribution in [0.15, 0.2) is 67.3 Å². The average molecular weight is 495 g/mol. The van der Waals surface area contributed by atoms with Gasteiger partial charge in [-0.1, -0.05) is 6.07 Å². The van der Waals surface area contributed by atoms with Gasteiger partial charge in [0.25, 0.3) is 0 Å². The van der Waals surface area contributed by atoms with Gasteiger partial charge in [0.2, 0.25) is 11.3 Å². The van der Waals surface area contributed by atoms with Crippen LogP contribution in [0.2, 0.25) is 0 Å². The maximum atomic E-state index is 14.6. The van der Waals surface area contributed by atoms with Crippen molar-refractivity contribution in [2.75, 3.05) is 6.54 Å². The Hall–Kier alpha value is -3.80. The first-order chi connectivity index (χ1) is 16.9. The van der Waals surface area contributed by atoms with Gasteiger partial charge >= 0.3 is 0 Å². The fraction of sp³-hybridized carbons (Fsp3) is 0.125. The Morgan fingerprint density at radius 1 is 1.06 bits per heavy atom. The van der Waals surface area contributed by atoms with Crippen LogP contribution in [0.4, 0.5) is 8.78 Å². The molecular formula is C24H20F2N6O2S. The van der Waals surface area contributed by atoms with Gasteiger partial charge in [0.05, 0.1) is 17.2 Å². The van der Waals surface area contributed by atoms with Gasteiger partial charge in [-0.2, -0.15) is 5.10 Å². The van der Waals surface area contributed by atoms with Crippen LogP contribution in [-0.4, -0.2) is 39.6 Å². The highest BCUT2D eigenvalue weighted by atomic mass is 32.2. The first kappa shape index (κ1) is 23.0. The lowest BCUT2D eigenvalue weighted by Crippen LogP contribution is -2.19. The third-order valence-electron chi connectivity index (χ3n) is 5.55. The van der Waals surface area contributed by atoms with Gasteiger partial charge in [0.1, 0.15) is 23.8 Å². The number of benzene rings is 2. The Kier molecular flexibility index (Phi) is 6.20. The van der Waals surface area contributed by atoms with Gasteiger partial charge in [0, 0.05) is 49.1 Å². The Bertz CT molecular complexity index is 1570. The molecule has 5 rings (SSSR count). The maximum absolute atomic E-state index is 14.6. The van der Waals surface area contributed by atoms with E-state index < -0.39 is 22.9 Å². The molecule has 1 unspecified atom stereocenters. The van der Waals surface area contributed by atoms with E-state index in [1.165, 1.54) is 12.1 Å². The van der Waals surface area contributed by atoms with Crippen LogP contribution < -0.4 is 4.72 Å². The summed E-state index contributed by atoms with van der Waals surface area (Å²) < 4.78 is 54.0. The van der Waals surface area contributed by atoms with E-state index >= 15 is 0 Å². The van der Waals surface area contributed by atoms with Crippen molar-refractivity contribution in [1.29, 1.82) is 0 Å². The molecule has 0 spiro atoms. The molecule has 2 aromatic carbocycles. The number of nitrogens with zero attached hydrogens (tertiary/aromatic N) is 5. The van der Waals surface area contributed by atoms with Crippen LogP contribution in [0.3, 0.4) is 0 Å². The number of halogens is 2. The Morgan fingerprint density at radius 3 is 2.66 bits per heavy atom. The average Bonchev–Trinajstić information content (AvgIpc) is 3.44. The number of nitrogens with one attached hydrogen (secondary N) is 1. The van der Waals surface area contributed by atoms with E-state index in [4.69, 9.17) is 4.55 Å². The van der Waals surface area contributed by atoms with E-state index in [1.807, 2.05) is 31.4 Å². The monoisotopic (exact) mass is 494 g/mol. The summed E-state index contributed by atoms with van der Waals surface area (Å²) in [6, 6.07) is 12.6. The topological polar surface area (TPSA) is 97.9 Å². The van der Waals surface area contributed by atoms with Crippen molar-refractivity contribution in [3.05, 3.63) is 84.6 Å². The summed E-state index contributed by atoms with van der Waals surface area (Å²) in [4.78, 5) is 9.19. The lowest BCUT2D eigenvalue weighted by atomic mass is 10.0. The van der Waals surface area contributed by atoms with E-state index in [1.54, 1.807) is 33.9 Å². The van der Waals surface area contributed by atoms with E-state index in [-0.39, 0.29) is 12.1 Å². The van der Waals surface area contributed by atoms with Gasteiger partial charge in [-0.3, -0.25) is 13.8 Å². The lowest BCUT2D eigenvalue weighted by Gasteiger charge is -2.12. The smallest absolute Gasteiger partial charge is 0.231 e. The van der Waals surface area contributed by atoms with Crippen molar-refractivity contribution < 1.29 is 17.5 Å². The molecular weight excluding hydrogens is 474 g/mol. The Morgan fingerprint density at radius 2 is 1.91 bits per heavy atom. The van der Waals surface area contributed by atoms with Crippen molar-refractivity contribution in [3.63, 3.8) is 0 Å². The Labute approximate surface area is 201 Å². The number of rotatable bonds is 7. The third-order valence-corrected chi connectivity index (χ3v) is 6.00. The summed E-state index contributed by atoms with van der Waals surface area (Å²) in [5.74, 6) is -0.873. The number of imidazole rings is 1. The third kappa shape index (κ3) is 4.87. The zero-order valence-corrected chi connectivity index (χ0v) is 19.3. The Balaban J connectivity index is 1.58. The number of pyridine rings is 1. The van der Waals surface area contributed by atoms with Gasteiger partial charge in [-0.05, 0) is 47.5 Å². The molecule has 11 heteroatoms. The van der Waals surface area contributed by atoms with Crippen LogP contribution in [0.1, 0.15) is 5.69 Å². The fourth-order valence-corrected chi connectivity index (χ4v) is 4.19. The van der Waals surface area contributed by atoms with E-state index in [0.29, 0.717) is 23.5 Å². The van der Waals surface area contributed by atoms with Crippen LogP contribution in [-0.2, 0) is 24.7 Å². The molecule has 0 aliphatic carbocycles. The number of hydrogen-bond acceptors (Lipinski definition) is 4. The summed E-state index contributed by atoms with van der Waals surface area (Å²) in [7, 11) is 1.85. The van der Waals surface area contributed by atoms with E-state index in [2.05, 4.69) is 19.8 Å². The molecule has 0 radical (unpaired) electrons. The van der Waals surface area contributed by atoms with Crippen LogP contribution in [0, 0.1) is 11.6 Å². The summed E-state index contributed by atoms with van der Waals surface area (Å²) in [5, 5.41) is 4.21. The molecule has 0 aliphatic rings. The largest absolute Gasteiger partial charge is 0.294 e. The number of hydrogen-bond donors (Lipinski definition) is 2. The first-order valence-corrected chi connectivity index (χ1v) is 11.8. The number of aryl methyl sites for hydroxylation is 1. The van der Waals surface area contributed by atoms with E-state index in [0.717, 1.165) is 28.2 Å². The lowest BCUT2D eigenvalue weighted by molar-refractivity contribution is 0.549. The molecule has 35 heavy (non-hydrogen) atoms. The van der Waals surface area contributed by atoms with Gasteiger partial charge in [-0.25, -0.2) is 27.7 Å². The van der Waals surface area contributed by atoms with Crippen molar-refractivity contribution in [2.45, 2.75) is 6.42 Å². The second-order valence-corrected chi connectivity index (χ2v) is 8.73. The SMILES string of the molecule is Cn1cc(-c2ccc3c(c2)ncn3-c2cc(-c3ccc(F)cc3F)cc(CCNS(=O)O)n2)cn1. The molecule has 8 nitrogen and oxygen atoms in total. The number of fused-ring (bicyclic) bond motifs is 1. The quantitative estimate of drug-likeness (QED) is 0.333. The predicted octanol–water partition coefficient (Wildman–Crippen LogP) is 4.04. The minimum Gasteiger partial charge on any atom is -0.294 e. The molecule has 3 heterocycles. The molecule has 5 aromatic rings. The van der Waals surface area contributed by atoms with Crippen molar-refractivity contribution in [2.24, 2.45) is 7.05 Å². The zero-order chi connectivity index (χ0) is 24.5. The van der Waals surface area contributed by atoms with E-state index in [9.17, 15) is 13.0 Å². The molecule has 2 N–H and O–H groups in total. The van der Waals surface area contributed by atoms with Crippen LogP contribution in [0.5, 0.6) is 0 Å². The molecule has 0 amide bonds. The first-order valence-electron chi connectivity index (χ1n) is 10.6. The second-order valence-electron chi connectivity index (χ2n) is 7.94. The highest BCUT2D eigenvalue weighted by molar-refractivity contribution is 7.77. The van der Waals surface area contributed by atoms with Gasteiger partial charge < -0.3 is 0 Å². The van der Waals surface area contributed by atoms with Crippen molar-refractivity contribution in [3.8, 4) is 28.1 Å². The molecule has 0 bridgehead atoms. The second kappa shape index (κ2) is 9.45. The zero-order valence-electron chi connectivity index (χ0n) is 18.5. The summed E-state index contributed by atoms with van der Waals surface area (Å²) in [5.41, 5.74) is 4.75. The highest BCUT2D eigenvalue weighted by Gasteiger charge is 2.14.